The van der Waals surface area contributed by atoms with E-state index in [1.165, 1.54) is 24.5 Å². The zero-order valence-corrected chi connectivity index (χ0v) is 10.9. The third-order valence-corrected chi connectivity index (χ3v) is 3.32. The molecule has 0 fully saturated rings. The number of rotatable bonds is 4. The van der Waals surface area contributed by atoms with E-state index in [9.17, 15) is 8.78 Å². The van der Waals surface area contributed by atoms with Crippen LogP contribution >= 0.6 is 22.9 Å². The second-order valence-electron chi connectivity index (χ2n) is 3.41. The maximum Gasteiger partial charge on any atom is 0.200 e. The second-order valence-corrected chi connectivity index (χ2v) is 5.10. The molecule has 2 aromatic rings. The molecule has 0 aliphatic heterocycles. The number of ether oxygens (including phenoxy) is 1. The van der Waals surface area contributed by atoms with Crippen molar-refractivity contribution in [2.45, 2.75) is 6.54 Å². The highest BCUT2D eigenvalue weighted by molar-refractivity contribution is 7.15. The minimum absolute atomic E-state index is 0.139. The Morgan fingerprint density at radius 1 is 1.44 bits per heavy atom. The molecule has 0 aliphatic rings. The summed E-state index contributed by atoms with van der Waals surface area (Å²) in [7, 11) is 1.28. The van der Waals surface area contributed by atoms with Crippen LogP contribution in [0.25, 0.3) is 0 Å². The molecule has 0 radical (unpaired) electrons. The van der Waals surface area contributed by atoms with Crippen LogP contribution in [0.5, 0.6) is 5.75 Å². The molecule has 7 heteroatoms. The standard InChI is InChI=1S/C11H9ClF2N2OS/c1-17-9-3-6(2-8(13)10(9)14)15-4-7-5-16-11(12)18-7/h2-3,5,15H,4H2,1H3. The first kappa shape index (κ1) is 13.0. The molecule has 1 aromatic carbocycles. The molecule has 0 amide bonds. The molecule has 2 rings (SSSR count). The highest BCUT2D eigenvalue weighted by Gasteiger charge is 2.11. The Morgan fingerprint density at radius 2 is 2.22 bits per heavy atom. The molecule has 0 saturated heterocycles. The van der Waals surface area contributed by atoms with Crippen LogP contribution in [0, 0.1) is 11.6 Å². The largest absolute Gasteiger partial charge is 0.493 e. The maximum absolute atomic E-state index is 13.2. The molecule has 0 bridgehead atoms. The predicted molar refractivity (Wildman–Crippen MR) is 67.4 cm³/mol. The fraction of sp³-hybridized carbons (Fsp3) is 0.182. The Kier molecular flexibility index (Phi) is 3.98. The molecule has 0 unspecified atom stereocenters. The minimum atomic E-state index is -0.996. The number of nitrogens with one attached hydrogen (secondary N) is 1. The summed E-state index contributed by atoms with van der Waals surface area (Å²) in [5.41, 5.74) is 0.426. The third-order valence-electron chi connectivity index (χ3n) is 2.21. The van der Waals surface area contributed by atoms with Crippen LogP contribution in [0.1, 0.15) is 4.88 Å². The van der Waals surface area contributed by atoms with E-state index in [1.54, 1.807) is 6.20 Å². The zero-order valence-electron chi connectivity index (χ0n) is 9.34. The first-order valence-corrected chi connectivity index (χ1v) is 6.16. The molecule has 0 aliphatic carbocycles. The number of hydrogen-bond acceptors (Lipinski definition) is 4. The molecular formula is C11H9ClF2N2OS. The lowest BCUT2D eigenvalue weighted by Crippen LogP contribution is -2.00. The normalized spacial score (nSPS) is 10.4. The average molecular weight is 291 g/mol. The van der Waals surface area contributed by atoms with Gasteiger partial charge in [0.15, 0.2) is 16.0 Å². The number of nitrogens with zero attached hydrogens (tertiary/aromatic N) is 1. The maximum atomic E-state index is 13.2. The second kappa shape index (κ2) is 5.49. The van der Waals surface area contributed by atoms with E-state index in [0.29, 0.717) is 16.7 Å². The van der Waals surface area contributed by atoms with Gasteiger partial charge in [0.05, 0.1) is 13.7 Å². The molecule has 3 nitrogen and oxygen atoms in total. The van der Waals surface area contributed by atoms with E-state index in [4.69, 9.17) is 16.3 Å². The van der Waals surface area contributed by atoms with Gasteiger partial charge in [-0.1, -0.05) is 11.6 Å². The van der Waals surface area contributed by atoms with Gasteiger partial charge in [0.2, 0.25) is 5.82 Å². The van der Waals surface area contributed by atoms with Crippen LogP contribution in [-0.4, -0.2) is 12.1 Å². The van der Waals surface area contributed by atoms with Gasteiger partial charge in [0, 0.05) is 28.9 Å². The summed E-state index contributed by atoms with van der Waals surface area (Å²) in [4.78, 5) is 4.77. The Bertz CT molecular complexity index is 562. The van der Waals surface area contributed by atoms with Gasteiger partial charge >= 0.3 is 0 Å². The van der Waals surface area contributed by atoms with E-state index in [0.717, 1.165) is 10.9 Å². The van der Waals surface area contributed by atoms with Crippen LogP contribution in [-0.2, 0) is 6.54 Å². The molecular weight excluding hydrogens is 282 g/mol. The topological polar surface area (TPSA) is 34.1 Å². The number of thiazole rings is 1. The van der Waals surface area contributed by atoms with Crippen LogP contribution in [0.4, 0.5) is 14.5 Å². The van der Waals surface area contributed by atoms with Crippen molar-refractivity contribution in [3.63, 3.8) is 0 Å². The summed E-state index contributed by atoms with van der Waals surface area (Å²) in [5, 5.41) is 2.94. The fourth-order valence-electron chi connectivity index (χ4n) is 1.37. The van der Waals surface area contributed by atoms with E-state index in [-0.39, 0.29) is 5.75 Å². The Balaban J connectivity index is 2.12. The highest BCUT2D eigenvalue weighted by atomic mass is 35.5. The summed E-state index contributed by atoms with van der Waals surface area (Å²) in [5.74, 6) is -2.09. The molecule has 1 N–H and O–H groups in total. The van der Waals surface area contributed by atoms with Crippen molar-refractivity contribution in [3.8, 4) is 5.75 Å². The van der Waals surface area contributed by atoms with Gasteiger partial charge < -0.3 is 10.1 Å². The number of anilines is 1. The number of hydrogen-bond donors (Lipinski definition) is 1. The van der Waals surface area contributed by atoms with Gasteiger partial charge in [-0.15, -0.1) is 11.3 Å². The minimum Gasteiger partial charge on any atom is -0.493 e. The number of benzene rings is 1. The summed E-state index contributed by atoms with van der Waals surface area (Å²) in [6.45, 7) is 0.429. The van der Waals surface area contributed by atoms with E-state index in [2.05, 4.69) is 10.3 Å². The van der Waals surface area contributed by atoms with Crippen LogP contribution < -0.4 is 10.1 Å². The predicted octanol–water partition coefficient (Wildman–Crippen LogP) is 3.70. The summed E-state index contributed by atoms with van der Waals surface area (Å²) in [6.07, 6.45) is 1.62. The van der Waals surface area contributed by atoms with Crippen LogP contribution in [0.2, 0.25) is 4.47 Å². The smallest absolute Gasteiger partial charge is 0.200 e. The average Bonchev–Trinajstić information content (AvgIpc) is 2.76. The SMILES string of the molecule is COc1cc(NCc2cnc(Cl)s2)cc(F)c1F. The van der Waals surface area contributed by atoms with E-state index in [1.807, 2.05) is 0 Å². The van der Waals surface area contributed by atoms with Gasteiger partial charge in [-0.05, 0) is 0 Å². The third kappa shape index (κ3) is 2.88. The first-order valence-electron chi connectivity index (χ1n) is 4.97. The summed E-state index contributed by atoms with van der Waals surface area (Å²) < 4.78 is 31.6. The number of aromatic nitrogens is 1. The number of methoxy groups -OCH3 is 1. The van der Waals surface area contributed by atoms with Crippen molar-refractivity contribution in [1.29, 1.82) is 0 Å². The lowest BCUT2D eigenvalue weighted by Gasteiger charge is -2.08. The van der Waals surface area contributed by atoms with Crippen molar-refractivity contribution >= 4 is 28.6 Å². The molecule has 0 spiro atoms. The lowest BCUT2D eigenvalue weighted by molar-refractivity contribution is 0.372. The molecule has 0 saturated carbocycles. The van der Waals surface area contributed by atoms with E-state index >= 15 is 0 Å². The van der Waals surface area contributed by atoms with Gasteiger partial charge in [0.25, 0.3) is 0 Å². The monoisotopic (exact) mass is 290 g/mol. The van der Waals surface area contributed by atoms with Gasteiger partial charge in [-0.3, -0.25) is 0 Å². The van der Waals surface area contributed by atoms with Crippen molar-refractivity contribution in [1.82, 2.24) is 4.98 Å². The Labute approximate surface area is 111 Å². The molecule has 1 heterocycles. The first-order chi connectivity index (χ1) is 8.60. The molecule has 18 heavy (non-hydrogen) atoms. The molecule has 0 atom stereocenters. The highest BCUT2D eigenvalue weighted by Crippen LogP contribution is 2.26. The molecule has 1 aromatic heterocycles. The van der Waals surface area contributed by atoms with Gasteiger partial charge in [0.1, 0.15) is 0 Å². The van der Waals surface area contributed by atoms with Crippen molar-refractivity contribution in [2.75, 3.05) is 12.4 Å². The Morgan fingerprint density at radius 3 is 2.83 bits per heavy atom. The van der Waals surface area contributed by atoms with Crippen molar-refractivity contribution < 1.29 is 13.5 Å². The fourth-order valence-corrected chi connectivity index (χ4v) is 2.29. The lowest BCUT2D eigenvalue weighted by atomic mass is 10.2. The van der Waals surface area contributed by atoms with Crippen molar-refractivity contribution in [3.05, 3.63) is 39.3 Å². The van der Waals surface area contributed by atoms with Gasteiger partial charge in [-0.2, -0.15) is 4.39 Å². The Hall–Kier alpha value is -1.40. The summed E-state index contributed by atoms with van der Waals surface area (Å²) >= 11 is 7.00. The van der Waals surface area contributed by atoms with Gasteiger partial charge in [-0.25, -0.2) is 9.37 Å². The summed E-state index contributed by atoms with van der Waals surface area (Å²) in [6, 6.07) is 2.46. The van der Waals surface area contributed by atoms with E-state index < -0.39 is 11.6 Å². The van der Waals surface area contributed by atoms with Crippen molar-refractivity contribution in [2.24, 2.45) is 0 Å². The number of halogens is 3. The van der Waals surface area contributed by atoms with Crippen LogP contribution in [0.15, 0.2) is 18.3 Å². The van der Waals surface area contributed by atoms with Crippen LogP contribution in [0.3, 0.4) is 0 Å². The zero-order chi connectivity index (χ0) is 13.1. The molecule has 96 valence electrons. The quantitative estimate of drug-likeness (QED) is 0.932.